The van der Waals surface area contributed by atoms with Crippen molar-refractivity contribution < 1.29 is 4.74 Å². The number of hydrogen-bond acceptors (Lipinski definition) is 6. The van der Waals surface area contributed by atoms with Crippen molar-refractivity contribution >= 4 is 22.5 Å². The van der Waals surface area contributed by atoms with Crippen LogP contribution in [0.4, 0.5) is 11.5 Å². The summed E-state index contributed by atoms with van der Waals surface area (Å²) in [6.45, 7) is 9.15. The van der Waals surface area contributed by atoms with E-state index >= 15 is 0 Å². The van der Waals surface area contributed by atoms with Crippen LogP contribution < -0.4 is 16.0 Å². The minimum atomic E-state index is 0.677. The molecule has 2 aromatic rings. The number of allylic oxidation sites excluding steroid dienone is 7. The third-order valence-corrected chi connectivity index (χ3v) is 4.63. The fourth-order valence-corrected chi connectivity index (χ4v) is 3.37. The molecule has 2 aromatic heterocycles. The minimum absolute atomic E-state index is 0.677. The molecule has 2 aliphatic rings. The fourth-order valence-electron chi connectivity index (χ4n) is 3.37. The van der Waals surface area contributed by atoms with E-state index in [1.54, 1.807) is 0 Å². The summed E-state index contributed by atoms with van der Waals surface area (Å²) in [5.41, 5.74) is 11.3. The first-order valence-corrected chi connectivity index (χ1v) is 9.26. The number of nitrogens with two attached hydrogens (primary N) is 1. The molecular formula is C21H24N6O. The summed E-state index contributed by atoms with van der Waals surface area (Å²) in [6, 6.07) is 2.06. The van der Waals surface area contributed by atoms with Crippen LogP contribution in [0.25, 0.3) is 11.0 Å². The molecule has 1 fully saturated rings. The van der Waals surface area contributed by atoms with E-state index in [1.807, 2.05) is 43.5 Å². The van der Waals surface area contributed by atoms with E-state index in [0.717, 1.165) is 65.7 Å². The first kappa shape index (κ1) is 18.1. The van der Waals surface area contributed by atoms with Gasteiger partial charge in [-0.2, -0.15) is 5.10 Å². The highest BCUT2D eigenvalue weighted by atomic mass is 16.5. The maximum absolute atomic E-state index is 6.01. The van der Waals surface area contributed by atoms with Crippen molar-refractivity contribution in [1.82, 2.24) is 15.2 Å². The third kappa shape index (κ3) is 3.99. The van der Waals surface area contributed by atoms with E-state index < -0.39 is 0 Å². The number of aromatic amines is 1. The van der Waals surface area contributed by atoms with Gasteiger partial charge in [-0.15, -0.1) is 0 Å². The summed E-state index contributed by atoms with van der Waals surface area (Å²) >= 11 is 0. The zero-order valence-corrected chi connectivity index (χ0v) is 15.9. The van der Waals surface area contributed by atoms with Gasteiger partial charge in [0.15, 0.2) is 5.65 Å². The van der Waals surface area contributed by atoms with Gasteiger partial charge in [-0.05, 0) is 42.4 Å². The van der Waals surface area contributed by atoms with Gasteiger partial charge in [-0.25, -0.2) is 4.98 Å². The molecule has 144 valence electrons. The Labute approximate surface area is 164 Å². The molecule has 7 nitrogen and oxygen atoms in total. The quantitative estimate of drug-likeness (QED) is 0.763. The second-order valence-electron chi connectivity index (χ2n) is 6.92. The van der Waals surface area contributed by atoms with Crippen molar-refractivity contribution in [3.63, 3.8) is 0 Å². The Balaban J connectivity index is 1.69. The predicted octanol–water partition coefficient (Wildman–Crippen LogP) is 3.01. The Kier molecular flexibility index (Phi) is 4.99. The molecule has 7 heteroatoms. The Morgan fingerprint density at radius 2 is 2.04 bits per heavy atom. The molecule has 1 saturated heterocycles. The first-order chi connectivity index (χ1) is 13.6. The van der Waals surface area contributed by atoms with Crippen molar-refractivity contribution in [2.24, 2.45) is 5.73 Å². The third-order valence-electron chi connectivity index (χ3n) is 4.63. The molecule has 0 spiro atoms. The molecule has 1 aliphatic heterocycles. The Morgan fingerprint density at radius 1 is 1.21 bits per heavy atom. The van der Waals surface area contributed by atoms with Crippen molar-refractivity contribution in [2.45, 2.75) is 6.92 Å². The molecule has 1 aliphatic carbocycles. The topological polar surface area (TPSA) is 92.1 Å². The van der Waals surface area contributed by atoms with Gasteiger partial charge in [0.05, 0.1) is 30.5 Å². The minimum Gasteiger partial charge on any atom is -0.399 e. The summed E-state index contributed by atoms with van der Waals surface area (Å²) in [5, 5.41) is 11.6. The first-order valence-electron chi connectivity index (χ1n) is 9.26. The number of pyridine rings is 1. The van der Waals surface area contributed by atoms with E-state index in [1.165, 1.54) is 0 Å². The lowest BCUT2D eigenvalue weighted by Crippen LogP contribution is -2.36. The van der Waals surface area contributed by atoms with Crippen LogP contribution in [0.5, 0.6) is 0 Å². The van der Waals surface area contributed by atoms with E-state index in [0.29, 0.717) is 5.70 Å². The number of ether oxygens (including phenoxy) is 1. The van der Waals surface area contributed by atoms with E-state index in [-0.39, 0.29) is 0 Å². The van der Waals surface area contributed by atoms with Crippen LogP contribution in [0.3, 0.4) is 0 Å². The SMILES string of the molecule is C=C1C=C\C(Nc2cc(N3CCOCC3)c3cn[nH]c3n2)=C/C(C)=C\C(N)=C/1. The average molecular weight is 376 g/mol. The highest BCUT2D eigenvalue weighted by molar-refractivity contribution is 5.91. The Hall–Kier alpha value is -3.32. The Morgan fingerprint density at radius 3 is 2.86 bits per heavy atom. The molecule has 0 atom stereocenters. The van der Waals surface area contributed by atoms with E-state index in [2.05, 4.69) is 38.0 Å². The maximum atomic E-state index is 6.01. The highest BCUT2D eigenvalue weighted by Gasteiger charge is 2.17. The van der Waals surface area contributed by atoms with Crippen LogP contribution in [0.15, 0.2) is 71.8 Å². The smallest absolute Gasteiger partial charge is 0.159 e. The molecule has 28 heavy (non-hydrogen) atoms. The lowest BCUT2D eigenvalue weighted by Gasteiger charge is -2.29. The summed E-state index contributed by atoms with van der Waals surface area (Å²) in [6.07, 6.45) is 11.5. The van der Waals surface area contributed by atoms with Gasteiger partial charge in [0.1, 0.15) is 5.82 Å². The molecule has 0 aromatic carbocycles. The van der Waals surface area contributed by atoms with Crippen LogP contribution in [0.2, 0.25) is 0 Å². The zero-order valence-electron chi connectivity index (χ0n) is 15.9. The molecule has 0 radical (unpaired) electrons. The van der Waals surface area contributed by atoms with Gasteiger partial charge in [0.2, 0.25) is 0 Å². The van der Waals surface area contributed by atoms with E-state index in [9.17, 15) is 0 Å². The number of fused-ring (bicyclic) bond motifs is 1. The van der Waals surface area contributed by atoms with Crippen LogP contribution in [0, 0.1) is 0 Å². The molecule has 0 saturated carbocycles. The number of rotatable bonds is 3. The van der Waals surface area contributed by atoms with Gasteiger partial charge < -0.3 is 20.7 Å². The van der Waals surface area contributed by atoms with Gasteiger partial charge in [0, 0.05) is 30.5 Å². The van der Waals surface area contributed by atoms with Gasteiger partial charge >= 0.3 is 0 Å². The number of aromatic nitrogens is 3. The molecule has 0 bridgehead atoms. The van der Waals surface area contributed by atoms with Crippen LogP contribution >= 0.6 is 0 Å². The standard InChI is InChI=1S/C21H24N6O/c1-14-3-4-17(11-15(2)10-16(22)9-14)24-20-12-19(27-5-7-28-8-6-27)18-13-23-26-21(18)25-20/h3-4,9-13H,1,5-8,22H2,2H3,(H2,23,24,25,26)/b4-3?,15-10-,16-9+,17-11+. The van der Waals surface area contributed by atoms with Crippen molar-refractivity contribution in [3.05, 3.63) is 71.8 Å². The number of nitrogens with zero attached hydrogens (tertiary/aromatic N) is 3. The summed E-state index contributed by atoms with van der Waals surface area (Å²) in [5.74, 6) is 0.743. The van der Waals surface area contributed by atoms with Gasteiger partial charge in [-0.3, -0.25) is 5.10 Å². The molecule has 0 amide bonds. The number of morpholine rings is 1. The molecule has 3 heterocycles. The molecule has 0 unspecified atom stereocenters. The predicted molar refractivity (Wildman–Crippen MR) is 113 cm³/mol. The molecule has 4 rings (SSSR count). The molecular weight excluding hydrogens is 352 g/mol. The van der Waals surface area contributed by atoms with Crippen LogP contribution in [0.1, 0.15) is 6.92 Å². The fraction of sp³-hybridized carbons (Fsp3) is 0.238. The van der Waals surface area contributed by atoms with Crippen LogP contribution in [-0.4, -0.2) is 41.5 Å². The lowest BCUT2D eigenvalue weighted by molar-refractivity contribution is 0.123. The monoisotopic (exact) mass is 376 g/mol. The summed E-state index contributed by atoms with van der Waals surface area (Å²) in [4.78, 5) is 6.98. The average Bonchev–Trinajstić information content (AvgIpc) is 3.15. The maximum Gasteiger partial charge on any atom is 0.159 e. The zero-order chi connectivity index (χ0) is 19.5. The highest BCUT2D eigenvalue weighted by Crippen LogP contribution is 2.29. The van der Waals surface area contributed by atoms with Gasteiger partial charge in [-0.1, -0.05) is 12.7 Å². The Bertz CT molecular complexity index is 1020. The number of nitrogens with one attached hydrogen (secondary N) is 2. The molecule has 4 N–H and O–H groups in total. The van der Waals surface area contributed by atoms with Crippen molar-refractivity contribution in [3.8, 4) is 0 Å². The largest absolute Gasteiger partial charge is 0.399 e. The number of anilines is 2. The summed E-state index contributed by atoms with van der Waals surface area (Å²) < 4.78 is 5.49. The van der Waals surface area contributed by atoms with Gasteiger partial charge in [0.25, 0.3) is 0 Å². The second kappa shape index (κ2) is 7.74. The van der Waals surface area contributed by atoms with E-state index in [4.69, 9.17) is 10.5 Å². The lowest BCUT2D eigenvalue weighted by atomic mass is 10.2. The van der Waals surface area contributed by atoms with Crippen molar-refractivity contribution in [2.75, 3.05) is 36.5 Å². The number of H-pyrrole nitrogens is 1. The second-order valence-corrected chi connectivity index (χ2v) is 6.92. The normalized spacial score (nSPS) is 23.7. The summed E-state index contributed by atoms with van der Waals surface area (Å²) in [7, 11) is 0. The number of hydrogen-bond donors (Lipinski definition) is 3. The van der Waals surface area contributed by atoms with Crippen LogP contribution in [-0.2, 0) is 4.74 Å². The van der Waals surface area contributed by atoms with Crippen molar-refractivity contribution in [1.29, 1.82) is 0 Å².